The Morgan fingerprint density at radius 1 is 1.06 bits per heavy atom. The van der Waals surface area contributed by atoms with Crippen LogP contribution in [0, 0.1) is 6.92 Å². The number of aromatic nitrogens is 2. The third kappa shape index (κ3) is 3.81. The smallest absolute Gasteiger partial charge is 0.491 e. The van der Waals surface area contributed by atoms with Gasteiger partial charge in [0.2, 0.25) is 0 Å². The minimum Gasteiger partial charge on any atom is -0.491 e. The molecule has 3 aromatic rings. The fraction of sp³-hybridized carbons (Fsp3) is 0.320. The molecule has 0 N–H and O–H groups in total. The van der Waals surface area contributed by atoms with Crippen LogP contribution in [-0.2, 0) is 16.6 Å². The molecule has 176 valence electrons. The number of hydrogen-bond acceptors (Lipinski definition) is 7. The number of aryl methyl sites for hydroxylation is 1. The molecule has 1 aliphatic carbocycles. The molecule has 2 aromatic heterocycles. The fourth-order valence-electron chi connectivity index (χ4n) is 4.25. The summed E-state index contributed by atoms with van der Waals surface area (Å²) in [4.78, 5) is 22.3. The molecule has 0 spiro atoms. The average Bonchev–Trinajstić information content (AvgIpc) is 3.57. The molecule has 1 saturated carbocycles. The van der Waals surface area contributed by atoms with E-state index in [4.69, 9.17) is 14.5 Å². The van der Waals surface area contributed by atoms with Gasteiger partial charge >= 0.3 is 6.29 Å². The maximum Gasteiger partial charge on any atom is 0.586 e. The van der Waals surface area contributed by atoms with E-state index in [1.165, 1.54) is 26.4 Å². The highest BCUT2D eigenvalue weighted by Crippen LogP contribution is 2.52. The predicted molar refractivity (Wildman–Crippen MR) is 118 cm³/mol. The molecule has 7 nitrogen and oxygen atoms in total. The first-order valence-corrected chi connectivity index (χ1v) is 10.7. The molecule has 1 aromatic carbocycles. The number of hydrogen-bond donors (Lipinski definition) is 0. The Balaban J connectivity index is 1.40. The van der Waals surface area contributed by atoms with Crippen molar-refractivity contribution in [3.8, 4) is 34.4 Å². The third-order valence-corrected chi connectivity index (χ3v) is 6.24. The van der Waals surface area contributed by atoms with Crippen LogP contribution in [0.15, 0.2) is 42.6 Å². The minimum absolute atomic E-state index is 0.0223. The third-order valence-electron chi connectivity index (χ3n) is 6.24. The predicted octanol–water partition coefficient (Wildman–Crippen LogP) is 4.63. The highest BCUT2D eigenvalue weighted by atomic mass is 19.3. The first-order valence-electron chi connectivity index (χ1n) is 10.7. The highest BCUT2D eigenvalue weighted by Gasteiger charge is 2.52. The molecule has 0 atom stereocenters. The summed E-state index contributed by atoms with van der Waals surface area (Å²) in [6.07, 6.45) is -0.658. The number of methoxy groups -OCH3 is 2. The monoisotopic (exact) mass is 468 g/mol. The van der Waals surface area contributed by atoms with Crippen molar-refractivity contribution in [1.82, 2.24) is 9.97 Å². The molecular weight excluding hydrogens is 446 g/mol. The van der Waals surface area contributed by atoms with Crippen LogP contribution < -0.4 is 18.9 Å². The Labute approximate surface area is 194 Å². The maximum absolute atomic E-state index is 13.4. The van der Waals surface area contributed by atoms with Gasteiger partial charge in [0, 0.05) is 23.9 Å². The van der Waals surface area contributed by atoms with Crippen molar-refractivity contribution in [2.24, 2.45) is 0 Å². The Morgan fingerprint density at radius 2 is 1.82 bits per heavy atom. The zero-order valence-electron chi connectivity index (χ0n) is 18.9. The molecule has 2 aliphatic rings. The van der Waals surface area contributed by atoms with E-state index in [-0.39, 0.29) is 23.7 Å². The molecule has 0 unspecified atom stereocenters. The van der Waals surface area contributed by atoms with Crippen molar-refractivity contribution in [3.63, 3.8) is 0 Å². The van der Waals surface area contributed by atoms with Crippen LogP contribution in [-0.4, -0.2) is 36.3 Å². The van der Waals surface area contributed by atoms with E-state index in [0.29, 0.717) is 41.4 Å². The molecule has 34 heavy (non-hydrogen) atoms. The summed E-state index contributed by atoms with van der Waals surface area (Å²) in [6, 6.07) is 10.1. The van der Waals surface area contributed by atoms with Gasteiger partial charge < -0.3 is 18.9 Å². The number of alkyl halides is 2. The molecule has 1 aliphatic heterocycles. The number of benzene rings is 1. The van der Waals surface area contributed by atoms with E-state index in [0.717, 1.165) is 11.1 Å². The van der Waals surface area contributed by atoms with Gasteiger partial charge in [0.15, 0.2) is 17.2 Å². The number of Topliss-reactive ketones (excluding diaryl/α,β-unsaturated/α-hetero) is 1. The molecule has 0 amide bonds. The molecule has 9 heteroatoms. The van der Waals surface area contributed by atoms with Crippen LogP contribution in [0.25, 0.3) is 11.3 Å². The Kier molecular flexibility index (Phi) is 5.15. The van der Waals surface area contributed by atoms with Gasteiger partial charge in [0.1, 0.15) is 5.78 Å². The number of halogens is 2. The van der Waals surface area contributed by atoms with Crippen LogP contribution in [0.3, 0.4) is 0 Å². The van der Waals surface area contributed by atoms with Gasteiger partial charge in [-0.25, -0.2) is 4.98 Å². The van der Waals surface area contributed by atoms with Crippen molar-refractivity contribution in [1.29, 1.82) is 0 Å². The van der Waals surface area contributed by atoms with Crippen LogP contribution in [0.2, 0.25) is 0 Å². The summed E-state index contributed by atoms with van der Waals surface area (Å²) in [5.41, 5.74) is 2.88. The number of carbonyl (C=O) groups excluding carboxylic acids is 1. The Bertz CT molecular complexity index is 1290. The Morgan fingerprint density at radius 3 is 2.53 bits per heavy atom. The molecule has 5 rings (SSSR count). The number of carbonyl (C=O) groups is 1. The number of fused-ring (bicyclic) bond motifs is 1. The van der Waals surface area contributed by atoms with E-state index < -0.39 is 11.7 Å². The van der Waals surface area contributed by atoms with E-state index in [9.17, 15) is 13.6 Å². The highest BCUT2D eigenvalue weighted by molar-refractivity contribution is 5.94. The standard InChI is InChI=1S/C25H22F2N2O5/c1-14-4-6-17(29-22(14)15-10-20(31-2)23(32-3)28-13-15)12-21(30)24(8-9-24)16-5-7-18-19(11-16)34-25(26,27)33-18/h4-7,10-11,13H,8-9,12H2,1-3H3. The molecule has 1 fully saturated rings. The maximum atomic E-state index is 13.4. The number of ether oxygens (including phenoxy) is 4. The minimum atomic E-state index is -3.69. The zero-order chi connectivity index (χ0) is 24.1. The molecule has 3 heterocycles. The van der Waals surface area contributed by atoms with Gasteiger partial charge in [-0.15, -0.1) is 8.78 Å². The van der Waals surface area contributed by atoms with Gasteiger partial charge in [-0.05, 0) is 55.2 Å². The summed E-state index contributed by atoms with van der Waals surface area (Å²) in [5, 5.41) is 0. The summed E-state index contributed by atoms with van der Waals surface area (Å²) < 4.78 is 46.3. The van der Waals surface area contributed by atoms with E-state index in [1.54, 1.807) is 18.3 Å². The zero-order valence-corrected chi connectivity index (χ0v) is 18.9. The van der Waals surface area contributed by atoms with Crippen LogP contribution in [0.5, 0.6) is 23.1 Å². The first kappa shape index (κ1) is 22.1. The molecule has 0 saturated heterocycles. The normalized spacial score (nSPS) is 16.7. The number of pyridine rings is 2. The summed E-state index contributed by atoms with van der Waals surface area (Å²) in [5.74, 6) is 0.731. The fourth-order valence-corrected chi connectivity index (χ4v) is 4.25. The van der Waals surface area contributed by atoms with Crippen molar-refractivity contribution < 1.29 is 32.5 Å². The van der Waals surface area contributed by atoms with Gasteiger partial charge in [0.05, 0.1) is 25.3 Å². The van der Waals surface area contributed by atoms with Crippen molar-refractivity contribution in [2.45, 2.75) is 37.9 Å². The van der Waals surface area contributed by atoms with Crippen LogP contribution in [0.1, 0.15) is 29.7 Å². The second-order valence-electron chi connectivity index (χ2n) is 8.41. The number of ketones is 1. The largest absolute Gasteiger partial charge is 0.586 e. The number of rotatable bonds is 7. The molecule has 0 radical (unpaired) electrons. The van der Waals surface area contributed by atoms with E-state index in [1.807, 2.05) is 19.1 Å². The summed E-state index contributed by atoms with van der Waals surface area (Å²) in [7, 11) is 3.05. The topological polar surface area (TPSA) is 79.8 Å². The lowest BCUT2D eigenvalue weighted by atomic mass is 9.88. The second-order valence-corrected chi connectivity index (χ2v) is 8.41. The lowest BCUT2D eigenvalue weighted by molar-refractivity contribution is -0.286. The van der Waals surface area contributed by atoms with Gasteiger partial charge in [-0.3, -0.25) is 9.78 Å². The first-order chi connectivity index (χ1) is 16.2. The summed E-state index contributed by atoms with van der Waals surface area (Å²) >= 11 is 0. The lowest BCUT2D eigenvalue weighted by Crippen LogP contribution is -2.26. The number of nitrogens with zero attached hydrogens (tertiary/aromatic N) is 2. The van der Waals surface area contributed by atoms with Crippen molar-refractivity contribution >= 4 is 5.78 Å². The second kappa shape index (κ2) is 7.93. The van der Waals surface area contributed by atoms with Crippen LogP contribution in [0.4, 0.5) is 8.78 Å². The lowest BCUT2D eigenvalue weighted by Gasteiger charge is -2.16. The molecular formula is C25H22F2N2O5. The quantitative estimate of drug-likeness (QED) is 0.500. The molecule has 0 bridgehead atoms. The van der Waals surface area contributed by atoms with E-state index in [2.05, 4.69) is 14.5 Å². The van der Waals surface area contributed by atoms with E-state index >= 15 is 0 Å². The van der Waals surface area contributed by atoms with Crippen molar-refractivity contribution in [3.05, 3.63) is 59.4 Å². The van der Waals surface area contributed by atoms with Crippen molar-refractivity contribution in [2.75, 3.05) is 14.2 Å². The summed E-state index contributed by atoms with van der Waals surface area (Å²) in [6.45, 7) is 1.93. The van der Waals surface area contributed by atoms with Crippen LogP contribution >= 0.6 is 0 Å². The van der Waals surface area contributed by atoms with Gasteiger partial charge in [0.25, 0.3) is 5.88 Å². The average molecular weight is 468 g/mol. The van der Waals surface area contributed by atoms with Gasteiger partial charge in [-0.2, -0.15) is 0 Å². The van der Waals surface area contributed by atoms with Gasteiger partial charge in [-0.1, -0.05) is 12.1 Å². The SMILES string of the molecule is COc1cc(-c2nc(CC(=O)C3(c4ccc5c(c4)OC(F)(F)O5)CC3)ccc2C)cnc1OC. The Hall–Kier alpha value is -3.75.